The van der Waals surface area contributed by atoms with Crippen LogP contribution in [0.4, 0.5) is 4.39 Å². The molecule has 0 saturated heterocycles. The van der Waals surface area contributed by atoms with Crippen LogP contribution in [-0.4, -0.2) is 22.0 Å². The van der Waals surface area contributed by atoms with Gasteiger partial charge in [0, 0.05) is 12.1 Å². The first-order valence-electron chi connectivity index (χ1n) is 5.57. The Labute approximate surface area is 110 Å². The van der Waals surface area contributed by atoms with Crippen molar-refractivity contribution >= 4 is 11.6 Å². The third kappa shape index (κ3) is 2.68. The summed E-state index contributed by atoms with van der Waals surface area (Å²) < 4.78 is 14.7. The number of hydrogen-bond donors (Lipinski definition) is 1. The summed E-state index contributed by atoms with van der Waals surface area (Å²) >= 11 is 6.03. The summed E-state index contributed by atoms with van der Waals surface area (Å²) in [5, 5.41) is 11.4. The molecule has 0 radical (unpaired) electrons. The summed E-state index contributed by atoms with van der Waals surface area (Å²) in [6, 6.07) is 4.47. The van der Waals surface area contributed by atoms with E-state index in [2.05, 4.69) is 15.6 Å². The fourth-order valence-corrected chi connectivity index (χ4v) is 2.12. The summed E-state index contributed by atoms with van der Waals surface area (Å²) in [5.41, 5.74) is 1.84. The van der Waals surface area contributed by atoms with E-state index >= 15 is 0 Å². The number of nitrogens with zero attached hydrogens (tertiary/aromatic N) is 3. The molecule has 4 nitrogen and oxygen atoms in total. The first kappa shape index (κ1) is 13.0. The fraction of sp³-hybridized carbons (Fsp3) is 0.333. The van der Waals surface area contributed by atoms with Crippen molar-refractivity contribution in [2.24, 2.45) is 7.05 Å². The van der Waals surface area contributed by atoms with Crippen molar-refractivity contribution in [3.8, 4) is 0 Å². The molecule has 96 valence electrons. The molecule has 1 heterocycles. The molecule has 0 aliphatic carbocycles. The summed E-state index contributed by atoms with van der Waals surface area (Å²) in [4.78, 5) is 0. The summed E-state index contributed by atoms with van der Waals surface area (Å²) in [6.45, 7) is 0. The monoisotopic (exact) mass is 268 g/mol. The predicted octanol–water partition coefficient (Wildman–Crippen LogP) is 2.11. The minimum Gasteiger partial charge on any atom is -0.311 e. The highest BCUT2D eigenvalue weighted by Gasteiger charge is 2.16. The zero-order valence-corrected chi connectivity index (χ0v) is 10.9. The van der Waals surface area contributed by atoms with Crippen LogP contribution in [0, 0.1) is 5.82 Å². The average Bonchev–Trinajstić information content (AvgIpc) is 2.75. The normalized spacial score (nSPS) is 12.7. The van der Waals surface area contributed by atoms with Crippen molar-refractivity contribution in [1.82, 2.24) is 20.3 Å². The zero-order valence-electron chi connectivity index (χ0n) is 10.2. The molecule has 0 fully saturated rings. The summed E-state index contributed by atoms with van der Waals surface area (Å²) in [7, 11) is 3.69. The topological polar surface area (TPSA) is 42.7 Å². The quantitative estimate of drug-likeness (QED) is 0.924. The minimum absolute atomic E-state index is 0.0351. The number of halogens is 2. The van der Waals surface area contributed by atoms with E-state index in [1.807, 2.05) is 14.1 Å². The lowest BCUT2D eigenvalue weighted by Gasteiger charge is -2.16. The second kappa shape index (κ2) is 5.46. The van der Waals surface area contributed by atoms with Gasteiger partial charge >= 0.3 is 0 Å². The minimum atomic E-state index is -0.327. The number of aromatic nitrogens is 3. The van der Waals surface area contributed by atoms with Gasteiger partial charge in [-0.1, -0.05) is 22.9 Å². The van der Waals surface area contributed by atoms with Crippen molar-refractivity contribution in [1.29, 1.82) is 0 Å². The Hall–Kier alpha value is -1.46. The molecule has 0 aliphatic rings. The smallest absolute Gasteiger partial charge is 0.124 e. The van der Waals surface area contributed by atoms with Crippen molar-refractivity contribution in [3.63, 3.8) is 0 Å². The van der Waals surface area contributed by atoms with E-state index in [0.29, 0.717) is 11.4 Å². The Bertz CT molecular complexity index is 541. The summed E-state index contributed by atoms with van der Waals surface area (Å²) in [6.07, 6.45) is 2.36. The van der Waals surface area contributed by atoms with Gasteiger partial charge in [0.05, 0.1) is 17.9 Å². The van der Waals surface area contributed by atoms with E-state index in [-0.39, 0.29) is 11.9 Å². The number of hydrogen-bond acceptors (Lipinski definition) is 3. The van der Waals surface area contributed by atoms with Crippen molar-refractivity contribution < 1.29 is 4.39 Å². The van der Waals surface area contributed by atoms with Crippen molar-refractivity contribution in [2.45, 2.75) is 12.5 Å². The van der Waals surface area contributed by atoms with Crippen LogP contribution in [0.15, 0.2) is 24.4 Å². The molecule has 1 N–H and O–H groups in total. The Morgan fingerprint density at radius 1 is 1.50 bits per heavy atom. The Morgan fingerprint density at radius 2 is 2.28 bits per heavy atom. The van der Waals surface area contributed by atoms with Crippen LogP contribution in [0.3, 0.4) is 0 Å². The van der Waals surface area contributed by atoms with Gasteiger partial charge in [0.1, 0.15) is 5.82 Å². The molecular weight excluding hydrogens is 255 g/mol. The summed E-state index contributed by atoms with van der Waals surface area (Å²) in [5.74, 6) is -0.327. The standard InChI is InChI=1S/C12H14ClFN4/c1-15-11(12-7-16-17-18(12)2)5-8-3-4-9(14)6-10(8)13/h3-4,6-7,11,15H,5H2,1-2H3. The van der Waals surface area contributed by atoms with E-state index in [1.165, 1.54) is 12.1 Å². The van der Waals surface area contributed by atoms with Gasteiger partial charge in [0.25, 0.3) is 0 Å². The Morgan fingerprint density at radius 3 is 2.83 bits per heavy atom. The Balaban J connectivity index is 2.23. The van der Waals surface area contributed by atoms with Gasteiger partial charge in [-0.15, -0.1) is 5.10 Å². The van der Waals surface area contributed by atoms with Crippen LogP contribution in [-0.2, 0) is 13.5 Å². The second-order valence-corrected chi connectivity index (χ2v) is 4.47. The molecule has 1 aromatic heterocycles. The number of nitrogens with one attached hydrogen (secondary N) is 1. The molecule has 1 atom stereocenters. The first-order chi connectivity index (χ1) is 8.61. The first-order valence-corrected chi connectivity index (χ1v) is 5.95. The van der Waals surface area contributed by atoms with Crippen molar-refractivity contribution in [2.75, 3.05) is 7.05 Å². The van der Waals surface area contributed by atoms with Gasteiger partial charge in [-0.25, -0.2) is 4.39 Å². The van der Waals surface area contributed by atoms with Gasteiger partial charge in [-0.2, -0.15) is 0 Å². The molecule has 0 amide bonds. The highest BCUT2D eigenvalue weighted by atomic mass is 35.5. The maximum atomic E-state index is 13.0. The van der Waals surface area contributed by atoms with Crippen molar-refractivity contribution in [3.05, 3.63) is 46.5 Å². The highest BCUT2D eigenvalue weighted by Crippen LogP contribution is 2.23. The fourth-order valence-electron chi connectivity index (χ4n) is 1.87. The van der Waals surface area contributed by atoms with E-state index < -0.39 is 0 Å². The SMILES string of the molecule is CNC(Cc1ccc(F)cc1Cl)c1cnnn1C. The molecule has 18 heavy (non-hydrogen) atoms. The molecule has 1 aromatic carbocycles. The van der Waals surface area contributed by atoms with Crippen LogP contribution in [0.1, 0.15) is 17.3 Å². The average molecular weight is 269 g/mol. The lowest BCUT2D eigenvalue weighted by atomic mass is 10.0. The van der Waals surface area contributed by atoms with E-state index in [4.69, 9.17) is 11.6 Å². The van der Waals surface area contributed by atoms with Crippen LogP contribution in [0.25, 0.3) is 0 Å². The molecule has 0 spiro atoms. The van der Waals surface area contributed by atoms with Gasteiger partial charge in [0.2, 0.25) is 0 Å². The number of likely N-dealkylation sites (N-methyl/N-ethyl adjacent to an activating group) is 1. The van der Waals surface area contributed by atoms with Gasteiger partial charge < -0.3 is 5.32 Å². The van der Waals surface area contributed by atoms with E-state index in [1.54, 1.807) is 16.9 Å². The number of aryl methyl sites for hydroxylation is 1. The Kier molecular flexibility index (Phi) is 3.93. The third-order valence-corrected chi connectivity index (χ3v) is 3.25. The lowest BCUT2D eigenvalue weighted by Crippen LogP contribution is -2.21. The largest absolute Gasteiger partial charge is 0.311 e. The van der Waals surface area contributed by atoms with Crippen LogP contribution in [0.5, 0.6) is 0 Å². The molecular formula is C12H14ClFN4. The van der Waals surface area contributed by atoms with Crippen LogP contribution >= 0.6 is 11.6 Å². The van der Waals surface area contributed by atoms with Gasteiger partial charge in [-0.3, -0.25) is 4.68 Å². The third-order valence-electron chi connectivity index (χ3n) is 2.89. The molecule has 2 rings (SSSR count). The predicted molar refractivity (Wildman–Crippen MR) is 67.9 cm³/mol. The molecule has 0 saturated carbocycles. The molecule has 2 aromatic rings. The number of rotatable bonds is 4. The molecule has 6 heteroatoms. The van der Waals surface area contributed by atoms with E-state index in [9.17, 15) is 4.39 Å². The maximum Gasteiger partial charge on any atom is 0.124 e. The van der Waals surface area contributed by atoms with Gasteiger partial charge in [0.15, 0.2) is 0 Å². The number of benzene rings is 1. The zero-order chi connectivity index (χ0) is 13.1. The molecule has 0 bridgehead atoms. The highest BCUT2D eigenvalue weighted by molar-refractivity contribution is 6.31. The lowest BCUT2D eigenvalue weighted by molar-refractivity contribution is 0.534. The van der Waals surface area contributed by atoms with Crippen LogP contribution in [0.2, 0.25) is 5.02 Å². The van der Waals surface area contributed by atoms with E-state index in [0.717, 1.165) is 11.3 Å². The maximum absolute atomic E-state index is 13.0. The molecule has 1 unspecified atom stereocenters. The van der Waals surface area contributed by atoms with Gasteiger partial charge in [-0.05, 0) is 31.2 Å². The molecule has 0 aliphatic heterocycles. The van der Waals surface area contributed by atoms with Crippen LogP contribution < -0.4 is 5.32 Å². The second-order valence-electron chi connectivity index (χ2n) is 4.06.